The molecule has 2 aliphatic carbocycles. The zero-order chi connectivity index (χ0) is 15.6. The topological polar surface area (TPSA) is 9.23 Å². The molecule has 0 saturated carbocycles. The minimum absolute atomic E-state index is 0.0139. The van der Waals surface area contributed by atoms with Gasteiger partial charge in [0.1, 0.15) is 0 Å². The molecular formula is C18H23Al2OZr. The predicted molar refractivity (Wildman–Crippen MR) is 95.9 cm³/mol. The molecule has 0 bridgehead atoms. The van der Waals surface area contributed by atoms with Gasteiger partial charge < -0.3 is 2.84 Å². The number of allylic oxidation sites excluding steroid dienone is 5. The van der Waals surface area contributed by atoms with Gasteiger partial charge in [0.05, 0.1) is 0 Å². The monoisotopic (exact) mass is 399 g/mol. The van der Waals surface area contributed by atoms with E-state index in [0.717, 1.165) is 20.2 Å². The Morgan fingerprint density at radius 1 is 1.36 bits per heavy atom. The maximum Gasteiger partial charge on any atom is 0.401 e. The molecule has 0 radical (unpaired) electrons. The van der Waals surface area contributed by atoms with Crippen molar-refractivity contribution in [3.63, 3.8) is 0 Å². The van der Waals surface area contributed by atoms with E-state index >= 15 is 0 Å². The molecule has 3 aliphatic rings. The second-order valence-electron chi connectivity index (χ2n) is 6.26. The van der Waals surface area contributed by atoms with E-state index in [1.54, 1.807) is 15.3 Å². The number of fused-ring (bicyclic) bond motifs is 1. The van der Waals surface area contributed by atoms with E-state index in [-0.39, 0.29) is 15.6 Å². The summed E-state index contributed by atoms with van der Waals surface area (Å²) in [6.45, 7) is 2.48. The van der Waals surface area contributed by atoms with E-state index in [9.17, 15) is 0 Å². The first-order valence-electron chi connectivity index (χ1n) is 8.24. The quantitative estimate of drug-likeness (QED) is 0.705. The first-order valence-corrected chi connectivity index (χ1v) is 15.4. The van der Waals surface area contributed by atoms with Crippen molar-refractivity contribution in [1.82, 2.24) is 0 Å². The van der Waals surface area contributed by atoms with Gasteiger partial charge in [0.2, 0.25) is 0 Å². The zero-order valence-corrected chi connectivity index (χ0v) is 19.7. The summed E-state index contributed by atoms with van der Waals surface area (Å²) in [6.07, 6.45) is 13.1. The van der Waals surface area contributed by atoms with Gasteiger partial charge in [-0.3, -0.25) is 0 Å². The van der Waals surface area contributed by atoms with Crippen LogP contribution in [0.2, 0.25) is 13.5 Å². The molecule has 4 rings (SSSR count). The summed E-state index contributed by atoms with van der Waals surface area (Å²) >= 11 is -0.374. The Hall–Kier alpha value is 0.348. The van der Waals surface area contributed by atoms with E-state index < -0.39 is 21.8 Å². The fourth-order valence-corrected chi connectivity index (χ4v) is 12.8. The molecular weight excluding hydrogens is 377 g/mol. The molecule has 1 aliphatic heterocycles. The zero-order valence-electron chi connectivity index (χ0n) is 13.8. The summed E-state index contributed by atoms with van der Waals surface area (Å²) < 4.78 is 7.85. The van der Waals surface area contributed by atoms with Crippen LogP contribution >= 0.6 is 0 Å². The minimum Gasteiger partial charge on any atom is -0.645 e. The van der Waals surface area contributed by atoms with Crippen molar-refractivity contribution in [2.75, 3.05) is 0 Å². The van der Waals surface area contributed by atoms with E-state index in [1.165, 1.54) is 12.0 Å². The Bertz CT molecular complexity index is 636. The van der Waals surface area contributed by atoms with Gasteiger partial charge in [-0.2, -0.15) is 0 Å². The molecule has 2 atom stereocenters. The van der Waals surface area contributed by atoms with Gasteiger partial charge in [-0.1, -0.05) is 5.79 Å². The molecule has 2 unspecified atom stereocenters. The van der Waals surface area contributed by atoms with E-state index in [2.05, 4.69) is 67.4 Å². The third-order valence-electron chi connectivity index (χ3n) is 4.93. The van der Waals surface area contributed by atoms with Crippen LogP contribution in [0, 0.1) is 0 Å². The second-order valence-corrected chi connectivity index (χ2v) is 17.1. The Balaban J connectivity index is 0.000000325. The minimum atomic E-state index is -1.31. The summed E-state index contributed by atoms with van der Waals surface area (Å²) in [5, 5.41) is 0. The van der Waals surface area contributed by atoms with Gasteiger partial charge in [-0.25, -0.2) is 0 Å². The van der Waals surface area contributed by atoms with Gasteiger partial charge in [-0.05, 0) is 0 Å². The summed E-state index contributed by atoms with van der Waals surface area (Å²) in [6, 6.07) is 9.06. The SMILES string of the molecule is C[CH]1[CH2][Zr]1[C]1(C2=CC=CC2)C=Cc2ccccc21.[CH3][AlH][O][AlH2]. The Morgan fingerprint density at radius 3 is 2.68 bits per heavy atom. The maximum absolute atomic E-state index is 4.82. The number of benzene rings is 1. The molecule has 0 amide bonds. The molecule has 1 heterocycles. The smallest absolute Gasteiger partial charge is 0.401 e. The van der Waals surface area contributed by atoms with Crippen molar-refractivity contribution in [1.29, 1.82) is 0 Å². The largest absolute Gasteiger partial charge is 0.645 e. The fraction of sp³-hybridized carbons (Fsp3) is 0.333. The molecule has 0 aromatic heterocycles. The predicted octanol–water partition coefficient (Wildman–Crippen LogP) is 3.60. The maximum atomic E-state index is 4.82. The Kier molecular flexibility index (Phi) is 5.85. The van der Waals surface area contributed by atoms with Crippen molar-refractivity contribution in [2.24, 2.45) is 0 Å². The van der Waals surface area contributed by atoms with Crippen LogP contribution in [-0.2, 0) is 27.7 Å². The van der Waals surface area contributed by atoms with Gasteiger partial charge in [-0.15, -0.1) is 0 Å². The average molecular weight is 401 g/mol. The molecule has 1 saturated heterocycles. The first-order chi connectivity index (χ1) is 10.7. The summed E-state index contributed by atoms with van der Waals surface area (Å²) in [5.41, 5.74) is 4.78. The number of hydrogen-bond acceptors (Lipinski definition) is 1. The van der Waals surface area contributed by atoms with Gasteiger partial charge in [0, 0.05) is 0 Å². The average Bonchev–Trinajstić information content (AvgIpc) is 3.00. The van der Waals surface area contributed by atoms with Crippen molar-refractivity contribution in [3.8, 4) is 0 Å². The third kappa shape index (κ3) is 3.13. The fourth-order valence-electron chi connectivity index (χ4n) is 3.63. The van der Waals surface area contributed by atoms with Crippen LogP contribution in [-0.4, -0.2) is 32.2 Å². The van der Waals surface area contributed by atoms with Gasteiger partial charge in [0.25, 0.3) is 0 Å². The van der Waals surface area contributed by atoms with Crippen molar-refractivity contribution in [3.05, 3.63) is 65.3 Å². The number of hydrogen-bond donors (Lipinski definition) is 0. The molecule has 1 nitrogen and oxygen atoms in total. The van der Waals surface area contributed by atoms with Gasteiger partial charge >= 0.3 is 149 Å². The molecule has 1 aromatic rings. The molecule has 1 aromatic carbocycles. The molecule has 22 heavy (non-hydrogen) atoms. The van der Waals surface area contributed by atoms with Crippen LogP contribution in [0.15, 0.2) is 54.1 Å². The Labute approximate surface area is 157 Å². The third-order valence-corrected chi connectivity index (χ3v) is 16.3. The van der Waals surface area contributed by atoms with E-state index in [4.69, 9.17) is 2.84 Å². The van der Waals surface area contributed by atoms with E-state index in [1.807, 2.05) is 0 Å². The molecule has 1 fully saturated rings. The molecule has 111 valence electrons. The molecule has 0 N–H and O–H groups in total. The van der Waals surface area contributed by atoms with Crippen LogP contribution in [0.3, 0.4) is 0 Å². The van der Waals surface area contributed by atoms with Crippen LogP contribution in [0.25, 0.3) is 6.08 Å². The standard InChI is InChI=1S/C14H11.C3H6.CH3.2Al.O.Zr.3H/c1-2-6-11(5-1)14-10-9-12-7-3-4-8-13(12)14;1-3-2;;;;;;;;/h1-5,7-10H,6H2;3H,1H2,2H3;1H3;;;;;;;. The summed E-state index contributed by atoms with van der Waals surface area (Å²) in [7, 11) is 0. The summed E-state index contributed by atoms with van der Waals surface area (Å²) in [4.78, 5) is 0. The van der Waals surface area contributed by atoms with Crippen molar-refractivity contribution >= 4 is 38.3 Å². The van der Waals surface area contributed by atoms with Crippen molar-refractivity contribution < 1.29 is 24.6 Å². The van der Waals surface area contributed by atoms with Crippen LogP contribution in [0.1, 0.15) is 24.5 Å². The van der Waals surface area contributed by atoms with Crippen LogP contribution < -0.4 is 0 Å². The second kappa shape index (κ2) is 7.49. The van der Waals surface area contributed by atoms with Crippen LogP contribution in [0.4, 0.5) is 0 Å². The van der Waals surface area contributed by atoms with Gasteiger partial charge in [0.15, 0.2) is 0 Å². The Morgan fingerprint density at radius 2 is 2.09 bits per heavy atom. The van der Waals surface area contributed by atoms with E-state index in [0.29, 0.717) is 3.12 Å². The van der Waals surface area contributed by atoms with Crippen LogP contribution in [0.5, 0.6) is 0 Å². The molecule has 4 heteroatoms. The first kappa shape index (κ1) is 17.2. The normalized spacial score (nSPS) is 27.1. The summed E-state index contributed by atoms with van der Waals surface area (Å²) in [5.74, 6) is 2.13. The number of rotatable bonds is 3. The van der Waals surface area contributed by atoms with Crippen molar-refractivity contribution in [2.45, 2.75) is 30.0 Å². The molecule has 0 spiro atoms.